The standard InChI is InChI=1S/C24H23F4N7O/c1-12-17-7-15(25)4-5-19(17)35-16(9-21(34-35)24(26,27)28)8-18(33-30)22(31-10-13-2-3-13)14-6-20(36-12)23(29)32-11-14/h4-7,9,11-13,30-31H,2-3,8,10H2,1H3,(H2,29,32)/b22-18-,33-30?/t12-/m1/s1. The van der Waals surface area contributed by atoms with Gasteiger partial charge in [0.1, 0.15) is 11.9 Å². The van der Waals surface area contributed by atoms with Crippen LogP contribution in [-0.4, -0.2) is 21.3 Å². The SMILES string of the molecule is C[C@H]1Oc2cc(cnc2N)/C(NCC2CC2)=C(/N=N)Cc2cc(C(F)(F)F)nn2-c2ccc(F)cc21. The number of fused-ring (bicyclic) bond motifs is 5. The van der Waals surface area contributed by atoms with Crippen LogP contribution in [0.3, 0.4) is 0 Å². The summed E-state index contributed by atoms with van der Waals surface area (Å²) in [7, 11) is 0. The fourth-order valence-electron chi connectivity index (χ4n) is 4.17. The summed E-state index contributed by atoms with van der Waals surface area (Å²) in [5, 5.41) is 10.8. The molecule has 0 radical (unpaired) electrons. The van der Waals surface area contributed by atoms with Crippen LogP contribution in [0.5, 0.6) is 5.75 Å². The number of benzene rings is 1. The van der Waals surface area contributed by atoms with Crippen molar-refractivity contribution in [1.29, 1.82) is 5.53 Å². The first-order valence-electron chi connectivity index (χ1n) is 11.4. The van der Waals surface area contributed by atoms with Crippen LogP contribution in [0.25, 0.3) is 11.4 Å². The van der Waals surface area contributed by atoms with Crippen molar-refractivity contribution < 1.29 is 22.3 Å². The van der Waals surface area contributed by atoms with Gasteiger partial charge in [-0.3, -0.25) is 0 Å². The number of hydrogen-bond acceptors (Lipinski definition) is 7. The van der Waals surface area contributed by atoms with Gasteiger partial charge in [0.25, 0.3) is 0 Å². The average Bonchev–Trinajstić information content (AvgIpc) is 3.56. The Balaban J connectivity index is 1.76. The molecule has 0 unspecified atom stereocenters. The molecule has 1 aliphatic carbocycles. The number of pyridine rings is 1. The highest BCUT2D eigenvalue weighted by molar-refractivity contribution is 5.70. The van der Waals surface area contributed by atoms with Gasteiger partial charge in [0.15, 0.2) is 17.3 Å². The van der Waals surface area contributed by atoms with Gasteiger partial charge in [0.2, 0.25) is 0 Å². The smallest absolute Gasteiger partial charge is 0.435 e. The van der Waals surface area contributed by atoms with Crippen molar-refractivity contribution in [2.75, 3.05) is 12.3 Å². The molecule has 2 bridgehead atoms. The summed E-state index contributed by atoms with van der Waals surface area (Å²) in [6.07, 6.45) is -2.05. The van der Waals surface area contributed by atoms with Gasteiger partial charge in [-0.15, -0.1) is 0 Å². The van der Waals surface area contributed by atoms with Crippen LogP contribution in [-0.2, 0) is 12.6 Å². The lowest BCUT2D eigenvalue weighted by Gasteiger charge is -2.22. The van der Waals surface area contributed by atoms with Gasteiger partial charge >= 0.3 is 6.18 Å². The van der Waals surface area contributed by atoms with Crippen molar-refractivity contribution in [3.8, 4) is 11.4 Å². The molecule has 188 valence electrons. The number of nitrogens with two attached hydrogens (primary N) is 1. The third kappa shape index (κ3) is 4.62. The van der Waals surface area contributed by atoms with E-state index in [1.165, 1.54) is 18.3 Å². The van der Waals surface area contributed by atoms with Crippen molar-refractivity contribution in [3.05, 3.63) is 70.6 Å². The Morgan fingerprint density at radius 3 is 2.72 bits per heavy atom. The Morgan fingerprint density at radius 2 is 2.03 bits per heavy atom. The van der Waals surface area contributed by atoms with Gasteiger partial charge in [-0.2, -0.15) is 23.4 Å². The fraction of sp³-hybridized carbons (Fsp3) is 0.333. The van der Waals surface area contributed by atoms with Gasteiger partial charge in [-0.25, -0.2) is 19.6 Å². The van der Waals surface area contributed by atoms with Gasteiger partial charge in [0.05, 0.1) is 22.8 Å². The predicted octanol–water partition coefficient (Wildman–Crippen LogP) is 5.40. The van der Waals surface area contributed by atoms with E-state index in [1.807, 2.05) is 0 Å². The number of alkyl halides is 3. The Labute approximate surface area is 203 Å². The number of anilines is 1. The molecule has 1 atom stereocenters. The number of nitrogen functional groups attached to an aromatic ring is 1. The maximum Gasteiger partial charge on any atom is 0.435 e. The number of nitrogens with one attached hydrogen (secondary N) is 2. The summed E-state index contributed by atoms with van der Waals surface area (Å²) in [5.74, 6) is 0.176. The highest BCUT2D eigenvalue weighted by Gasteiger charge is 2.36. The molecule has 1 aliphatic heterocycles. The van der Waals surface area contributed by atoms with Crippen LogP contribution in [0.15, 0.2) is 47.3 Å². The van der Waals surface area contributed by atoms with Crippen LogP contribution in [0.2, 0.25) is 0 Å². The molecule has 0 saturated heterocycles. The van der Waals surface area contributed by atoms with Gasteiger partial charge in [-0.05, 0) is 56.0 Å². The van der Waals surface area contributed by atoms with Crippen molar-refractivity contribution in [2.24, 2.45) is 11.0 Å². The van der Waals surface area contributed by atoms with Crippen LogP contribution < -0.4 is 15.8 Å². The number of nitrogens with zero attached hydrogens (tertiary/aromatic N) is 4. The Morgan fingerprint density at radius 1 is 1.25 bits per heavy atom. The van der Waals surface area contributed by atoms with Crippen molar-refractivity contribution in [3.63, 3.8) is 0 Å². The van der Waals surface area contributed by atoms with Crippen LogP contribution in [0.4, 0.5) is 23.4 Å². The lowest BCUT2D eigenvalue weighted by molar-refractivity contribution is -0.141. The molecule has 8 nitrogen and oxygen atoms in total. The summed E-state index contributed by atoms with van der Waals surface area (Å²) in [4.78, 5) is 4.21. The highest BCUT2D eigenvalue weighted by atomic mass is 19.4. The first kappa shape index (κ1) is 23.8. The molecule has 5 rings (SSSR count). The number of aromatic nitrogens is 3. The molecule has 12 heteroatoms. The largest absolute Gasteiger partial charge is 0.482 e. The zero-order valence-electron chi connectivity index (χ0n) is 19.2. The minimum atomic E-state index is -4.71. The van der Waals surface area contributed by atoms with Gasteiger partial charge < -0.3 is 15.8 Å². The molecule has 3 heterocycles. The molecule has 2 aliphatic rings. The molecule has 2 aromatic heterocycles. The van der Waals surface area contributed by atoms with E-state index in [2.05, 4.69) is 20.5 Å². The molecule has 4 N–H and O–H groups in total. The number of allylic oxidation sites excluding steroid dienone is 1. The third-order valence-corrected chi connectivity index (χ3v) is 6.24. The third-order valence-electron chi connectivity index (χ3n) is 6.24. The Hall–Kier alpha value is -3.96. The minimum absolute atomic E-state index is 0.0886. The van der Waals surface area contributed by atoms with Crippen molar-refractivity contribution in [1.82, 2.24) is 20.1 Å². The second-order valence-corrected chi connectivity index (χ2v) is 8.94. The second kappa shape index (κ2) is 8.92. The van der Waals surface area contributed by atoms with Crippen LogP contribution >= 0.6 is 0 Å². The lowest BCUT2D eigenvalue weighted by atomic mass is 10.0. The molecular weight excluding hydrogens is 478 g/mol. The molecule has 1 saturated carbocycles. The summed E-state index contributed by atoms with van der Waals surface area (Å²) >= 11 is 0. The quantitative estimate of drug-likeness (QED) is 0.327. The zero-order chi connectivity index (χ0) is 25.6. The normalized spacial score (nSPS) is 19.9. The zero-order valence-corrected chi connectivity index (χ0v) is 19.2. The fourth-order valence-corrected chi connectivity index (χ4v) is 4.17. The van der Waals surface area contributed by atoms with Gasteiger partial charge in [-0.1, -0.05) is 0 Å². The molecule has 1 aromatic carbocycles. The Kier molecular flexibility index (Phi) is 5.89. The van der Waals surface area contributed by atoms with E-state index < -0.39 is 23.8 Å². The summed E-state index contributed by atoms with van der Waals surface area (Å²) in [5.41, 5.74) is 14.5. The number of ether oxygens (including phenoxy) is 1. The maximum atomic E-state index is 14.3. The summed E-state index contributed by atoms with van der Waals surface area (Å²) in [6, 6.07) is 6.23. The molecule has 0 spiro atoms. The van der Waals surface area contributed by atoms with E-state index in [1.54, 1.807) is 13.0 Å². The first-order chi connectivity index (χ1) is 17.1. The number of rotatable bonds is 4. The Bertz CT molecular complexity index is 1360. The van der Waals surface area contributed by atoms with Crippen LogP contribution in [0.1, 0.15) is 48.4 Å². The van der Waals surface area contributed by atoms with Crippen molar-refractivity contribution >= 4 is 11.5 Å². The molecule has 36 heavy (non-hydrogen) atoms. The number of halogens is 4. The number of hydrogen-bond donors (Lipinski definition) is 3. The van der Waals surface area contributed by atoms with E-state index in [4.69, 9.17) is 16.0 Å². The van der Waals surface area contributed by atoms with E-state index in [-0.39, 0.29) is 40.6 Å². The van der Waals surface area contributed by atoms with Crippen molar-refractivity contribution in [2.45, 2.75) is 38.5 Å². The van der Waals surface area contributed by atoms with Crippen LogP contribution in [0, 0.1) is 17.3 Å². The van der Waals surface area contributed by atoms with E-state index in [0.717, 1.165) is 29.7 Å². The second-order valence-electron chi connectivity index (χ2n) is 8.94. The maximum absolute atomic E-state index is 14.3. The van der Waals surface area contributed by atoms with E-state index in [9.17, 15) is 17.6 Å². The molecule has 3 aromatic rings. The van der Waals surface area contributed by atoms with Gasteiger partial charge in [0, 0.05) is 30.3 Å². The summed E-state index contributed by atoms with van der Waals surface area (Å²) in [6.45, 7) is 2.25. The monoisotopic (exact) mass is 501 g/mol. The molecule has 0 amide bonds. The van der Waals surface area contributed by atoms with E-state index in [0.29, 0.717) is 23.7 Å². The topological polar surface area (TPSA) is 114 Å². The molecular formula is C24H23F4N7O. The lowest BCUT2D eigenvalue weighted by Crippen LogP contribution is -2.19. The first-order valence-corrected chi connectivity index (χ1v) is 11.4. The summed E-state index contributed by atoms with van der Waals surface area (Å²) < 4.78 is 62.5. The highest BCUT2D eigenvalue weighted by Crippen LogP contribution is 2.37. The van der Waals surface area contributed by atoms with E-state index >= 15 is 0 Å². The predicted molar refractivity (Wildman–Crippen MR) is 123 cm³/mol. The minimum Gasteiger partial charge on any atom is -0.482 e. The molecule has 1 fully saturated rings. The average molecular weight is 501 g/mol.